The van der Waals surface area contributed by atoms with Crippen molar-refractivity contribution >= 4 is 11.7 Å². The van der Waals surface area contributed by atoms with Crippen LogP contribution in [0.1, 0.15) is 35.6 Å². The fourth-order valence-corrected chi connectivity index (χ4v) is 2.66. The Morgan fingerprint density at radius 3 is 2.83 bits per heavy atom. The van der Waals surface area contributed by atoms with Gasteiger partial charge in [0, 0.05) is 25.5 Å². The standard InChI is InChI=1S/C18H21N5O/c1-13(2)11-22(12-15-7-4-6-14(3)10-15)17(24)16-20-18-19-8-5-9-23(18)21-16/h4-10,13H,11-12H2,1-3H3. The van der Waals surface area contributed by atoms with E-state index in [0.29, 0.717) is 24.8 Å². The number of carbonyl (C=O) groups is 1. The number of nitrogens with zero attached hydrogens (tertiary/aromatic N) is 5. The Balaban J connectivity index is 1.88. The molecule has 2 heterocycles. The van der Waals surface area contributed by atoms with Gasteiger partial charge in [-0.2, -0.15) is 4.98 Å². The van der Waals surface area contributed by atoms with Gasteiger partial charge < -0.3 is 4.90 Å². The Bertz CT molecular complexity index is 822. The first-order valence-corrected chi connectivity index (χ1v) is 8.05. The molecule has 6 heteroatoms. The largest absolute Gasteiger partial charge is 0.331 e. The van der Waals surface area contributed by atoms with Gasteiger partial charge in [0.05, 0.1) is 0 Å². The zero-order valence-electron chi connectivity index (χ0n) is 14.2. The van der Waals surface area contributed by atoms with Crippen molar-refractivity contribution in [3.05, 3.63) is 59.7 Å². The van der Waals surface area contributed by atoms with E-state index >= 15 is 0 Å². The number of aromatic nitrogens is 4. The van der Waals surface area contributed by atoms with Crippen molar-refractivity contribution in [2.45, 2.75) is 27.3 Å². The lowest BCUT2D eigenvalue weighted by molar-refractivity contribution is 0.0710. The quantitative estimate of drug-likeness (QED) is 0.724. The third-order valence-corrected chi connectivity index (χ3v) is 3.64. The average molecular weight is 323 g/mol. The third-order valence-electron chi connectivity index (χ3n) is 3.64. The van der Waals surface area contributed by atoms with Crippen molar-refractivity contribution in [2.75, 3.05) is 6.54 Å². The van der Waals surface area contributed by atoms with Crippen molar-refractivity contribution in [3.8, 4) is 0 Å². The van der Waals surface area contributed by atoms with E-state index in [1.807, 2.05) is 25.1 Å². The molecule has 0 aliphatic rings. The van der Waals surface area contributed by atoms with Crippen molar-refractivity contribution < 1.29 is 4.79 Å². The molecule has 3 rings (SSSR count). The SMILES string of the molecule is Cc1cccc(CN(CC(C)C)C(=O)c2nc3ncccn3n2)c1. The molecule has 3 aromatic rings. The summed E-state index contributed by atoms with van der Waals surface area (Å²) in [6.45, 7) is 7.43. The van der Waals surface area contributed by atoms with Crippen LogP contribution in [0.5, 0.6) is 0 Å². The molecule has 0 aliphatic heterocycles. The molecule has 0 N–H and O–H groups in total. The van der Waals surface area contributed by atoms with Crippen LogP contribution in [0.3, 0.4) is 0 Å². The number of aryl methyl sites for hydroxylation is 1. The zero-order chi connectivity index (χ0) is 17.1. The highest BCUT2D eigenvalue weighted by Crippen LogP contribution is 2.12. The summed E-state index contributed by atoms with van der Waals surface area (Å²) >= 11 is 0. The van der Waals surface area contributed by atoms with Gasteiger partial charge in [0.25, 0.3) is 11.7 Å². The Morgan fingerprint density at radius 2 is 2.12 bits per heavy atom. The van der Waals surface area contributed by atoms with E-state index in [1.54, 1.807) is 23.4 Å². The van der Waals surface area contributed by atoms with Gasteiger partial charge in [0.1, 0.15) is 0 Å². The van der Waals surface area contributed by atoms with Gasteiger partial charge in [-0.25, -0.2) is 9.50 Å². The first kappa shape index (κ1) is 16.1. The second-order valence-electron chi connectivity index (χ2n) is 6.37. The van der Waals surface area contributed by atoms with Crippen molar-refractivity contribution in [1.29, 1.82) is 0 Å². The van der Waals surface area contributed by atoms with Gasteiger partial charge in [0.15, 0.2) is 0 Å². The van der Waals surface area contributed by atoms with E-state index < -0.39 is 0 Å². The normalized spacial score (nSPS) is 11.2. The van der Waals surface area contributed by atoms with Crippen LogP contribution in [0.2, 0.25) is 0 Å². The number of hydrogen-bond acceptors (Lipinski definition) is 4. The van der Waals surface area contributed by atoms with E-state index in [1.165, 1.54) is 10.1 Å². The average Bonchev–Trinajstić information content (AvgIpc) is 2.97. The number of rotatable bonds is 5. The number of amides is 1. The molecule has 24 heavy (non-hydrogen) atoms. The second-order valence-corrected chi connectivity index (χ2v) is 6.37. The van der Waals surface area contributed by atoms with E-state index in [2.05, 4.69) is 35.0 Å². The summed E-state index contributed by atoms with van der Waals surface area (Å²) in [5, 5.41) is 4.25. The van der Waals surface area contributed by atoms with Gasteiger partial charge in [-0.3, -0.25) is 4.79 Å². The molecule has 1 amide bonds. The summed E-state index contributed by atoms with van der Waals surface area (Å²) in [6, 6.07) is 9.95. The van der Waals surface area contributed by atoms with Gasteiger partial charge in [-0.1, -0.05) is 43.7 Å². The molecule has 0 bridgehead atoms. The molecular formula is C18H21N5O. The fourth-order valence-electron chi connectivity index (χ4n) is 2.66. The number of fused-ring (bicyclic) bond motifs is 1. The van der Waals surface area contributed by atoms with Crippen LogP contribution in [-0.2, 0) is 6.54 Å². The molecule has 0 spiro atoms. The molecule has 124 valence electrons. The number of hydrogen-bond donors (Lipinski definition) is 0. The molecular weight excluding hydrogens is 302 g/mol. The number of benzene rings is 1. The molecule has 0 radical (unpaired) electrons. The maximum Gasteiger partial charge on any atom is 0.293 e. The van der Waals surface area contributed by atoms with Crippen LogP contribution in [0.4, 0.5) is 0 Å². The topological polar surface area (TPSA) is 63.4 Å². The monoisotopic (exact) mass is 323 g/mol. The predicted molar refractivity (Wildman–Crippen MR) is 91.5 cm³/mol. The first-order valence-electron chi connectivity index (χ1n) is 8.05. The molecule has 0 saturated heterocycles. The maximum absolute atomic E-state index is 12.9. The van der Waals surface area contributed by atoms with Crippen LogP contribution in [-0.4, -0.2) is 36.9 Å². The Kier molecular flexibility index (Phi) is 4.55. The summed E-state index contributed by atoms with van der Waals surface area (Å²) in [4.78, 5) is 23.1. The Hall–Kier alpha value is -2.76. The summed E-state index contributed by atoms with van der Waals surface area (Å²) < 4.78 is 1.52. The van der Waals surface area contributed by atoms with Crippen LogP contribution in [0.15, 0.2) is 42.7 Å². The molecule has 0 unspecified atom stereocenters. The van der Waals surface area contributed by atoms with Gasteiger partial charge in [-0.05, 0) is 24.5 Å². The van der Waals surface area contributed by atoms with Crippen molar-refractivity contribution in [2.24, 2.45) is 5.92 Å². The summed E-state index contributed by atoms with van der Waals surface area (Å²) in [7, 11) is 0. The smallest absolute Gasteiger partial charge is 0.293 e. The highest BCUT2D eigenvalue weighted by atomic mass is 16.2. The van der Waals surface area contributed by atoms with Gasteiger partial charge in [0.2, 0.25) is 5.82 Å². The van der Waals surface area contributed by atoms with Gasteiger partial charge in [-0.15, -0.1) is 5.10 Å². The van der Waals surface area contributed by atoms with E-state index in [-0.39, 0.29) is 11.7 Å². The number of carbonyl (C=O) groups excluding carboxylic acids is 1. The van der Waals surface area contributed by atoms with E-state index in [4.69, 9.17) is 0 Å². The summed E-state index contributed by atoms with van der Waals surface area (Å²) in [6.07, 6.45) is 3.37. The lowest BCUT2D eigenvalue weighted by atomic mass is 10.1. The second kappa shape index (κ2) is 6.78. The van der Waals surface area contributed by atoms with Crippen LogP contribution in [0.25, 0.3) is 5.78 Å². The predicted octanol–water partition coefficient (Wildman–Crippen LogP) is 2.73. The summed E-state index contributed by atoms with van der Waals surface area (Å²) in [5.74, 6) is 0.799. The minimum Gasteiger partial charge on any atom is -0.331 e. The van der Waals surface area contributed by atoms with Gasteiger partial charge >= 0.3 is 0 Å². The van der Waals surface area contributed by atoms with E-state index in [0.717, 1.165) is 5.56 Å². The third kappa shape index (κ3) is 3.59. The summed E-state index contributed by atoms with van der Waals surface area (Å²) in [5.41, 5.74) is 2.28. The molecule has 0 aliphatic carbocycles. The van der Waals surface area contributed by atoms with Crippen molar-refractivity contribution in [1.82, 2.24) is 24.5 Å². The van der Waals surface area contributed by atoms with E-state index in [9.17, 15) is 4.79 Å². The first-order chi connectivity index (χ1) is 11.5. The molecule has 2 aromatic heterocycles. The maximum atomic E-state index is 12.9. The highest BCUT2D eigenvalue weighted by Gasteiger charge is 2.22. The lowest BCUT2D eigenvalue weighted by Gasteiger charge is -2.23. The molecule has 1 aromatic carbocycles. The highest BCUT2D eigenvalue weighted by molar-refractivity contribution is 5.90. The minimum absolute atomic E-state index is 0.171. The Morgan fingerprint density at radius 1 is 1.29 bits per heavy atom. The van der Waals surface area contributed by atoms with Crippen LogP contribution in [0, 0.1) is 12.8 Å². The molecule has 0 atom stereocenters. The molecule has 6 nitrogen and oxygen atoms in total. The Labute approximate surface area is 141 Å². The minimum atomic E-state index is -0.171. The van der Waals surface area contributed by atoms with Crippen LogP contribution < -0.4 is 0 Å². The molecule has 0 saturated carbocycles. The van der Waals surface area contributed by atoms with Crippen LogP contribution >= 0.6 is 0 Å². The fraction of sp³-hybridized carbons (Fsp3) is 0.333. The molecule has 0 fully saturated rings. The zero-order valence-corrected chi connectivity index (χ0v) is 14.2. The lowest BCUT2D eigenvalue weighted by Crippen LogP contribution is -2.34. The van der Waals surface area contributed by atoms with Crippen molar-refractivity contribution in [3.63, 3.8) is 0 Å².